The number of rotatable bonds is 2. The Morgan fingerprint density at radius 2 is 1.89 bits per heavy atom. The van der Waals surface area contributed by atoms with Gasteiger partial charge in [0.2, 0.25) is 0 Å². The lowest BCUT2D eigenvalue weighted by atomic mass is 9.87. The lowest BCUT2D eigenvalue weighted by Gasteiger charge is -2.20. The standard InChI is InChI=1S/C15H14BBrS2/c1-9-8-10(12-5-7-15(17)19-12)2-3-11(9)13-4-6-14(16)18-13/h2-7,9H,8,16H2,1H3. The molecule has 1 aliphatic rings. The minimum Gasteiger partial charge on any atom is -0.151 e. The van der Waals surface area contributed by atoms with E-state index in [1.165, 1.54) is 29.5 Å². The highest BCUT2D eigenvalue weighted by atomic mass is 79.9. The molecular weight excluding hydrogens is 335 g/mol. The van der Waals surface area contributed by atoms with Crippen molar-refractivity contribution in [1.29, 1.82) is 0 Å². The van der Waals surface area contributed by atoms with Crippen molar-refractivity contribution in [2.75, 3.05) is 0 Å². The van der Waals surface area contributed by atoms with E-state index >= 15 is 0 Å². The van der Waals surface area contributed by atoms with Crippen molar-refractivity contribution in [3.63, 3.8) is 0 Å². The third-order valence-corrected chi connectivity index (χ3v) is 6.18. The van der Waals surface area contributed by atoms with E-state index in [0.29, 0.717) is 5.92 Å². The van der Waals surface area contributed by atoms with Crippen LogP contribution in [0.1, 0.15) is 23.1 Å². The molecule has 0 radical (unpaired) electrons. The Morgan fingerprint density at radius 3 is 2.47 bits per heavy atom. The maximum Gasteiger partial charge on any atom is 0.152 e. The van der Waals surface area contributed by atoms with Gasteiger partial charge in [-0.25, -0.2) is 0 Å². The average molecular weight is 349 g/mol. The van der Waals surface area contributed by atoms with Crippen molar-refractivity contribution in [3.05, 3.63) is 50.0 Å². The van der Waals surface area contributed by atoms with E-state index < -0.39 is 0 Å². The van der Waals surface area contributed by atoms with Crippen molar-refractivity contribution in [2.24, 2.45) is 5.92 Å². The Hall–Kier alpha value is -0.575. The van der Waals surface area contributed by atoms with Gasteiger partial charge in [0.1, 0.15) is 0 Å². The summed E-state index contributed by atoms with van der Waals surface area (Å²) in [7, 11) is 2.17. The van der Waals surface area contributed by atoms with Crippen LogP contribution < -0.4 is 4.78 Å². The average Bonchev–Trinajstić information content (AvgIpc) is 2.98. The largest absolute Gasteiger partial charge is 0.152 e. The second-order valence-corrected chi connectivity index (χ2v) is 8.68. The predicted molar refractivity (Wildman–Crippen MR) is 94.3 cm³/mol. The van der Waals surface area contributed by atoms with Crippen LogP contribution in [0.2, 0.25) is 0 Å². The summed E-state index contributed by atoms with van der Waals surface area (Å²) < 4.78 is 2.60. The normalized spacial score (nSPS) is 19.2. The van der Waals surface area contributed by atoms with Gasteiger partial charge in [0.15, 0.2) is 7.85 Å². The number of halogens is 1. The van der Waals surface area contributed by atoms with E-state index in [2.05, 4.69) is 67.1 Å². The van der Waals surface area contributed by atoms with Gasteiger partial charge in [0.05, 0.1) is 3.79 Å². The van der Waals surface area contributed by atoms with Crippen molar-refractivity contribution in [3.8, 4) is 0 Å². The van der Waals surface area contributed by atoms with Crippen LogP contribution in [0.4, 0.5) is 0 Å². The van der Waals surface area contributed by atoms with Gasteiger partial charge < -0.3 is 0 Å². The molecule has 0 nitrogen and oxygen atoms in total. The van der Waals surface area contributed by atoms with Crippen molar-refractivity contribution in [1.82, 2.24) is 0 Å². The smallest absolute Gasteiger partial charge is 0.151 e. The number of thiophene rings is 2. The second-order valence-electron chi connectivity index (χ2n) is 4.93. The number of hydrogen-bond donors (Lipinski definition) is 0. The molecule has 2 aromatic heterocycles. The van der Waals surface area contributed by atoms with E-state index in [1.807, 2.05) is 22.7 Å². The predicted octanol–water partition coefficient (Wildman–Crippen LogP) is 4.34. The SMILES string of the molecule is Bc1ccc(C2=CC=C(c3ccc(Br)s3)CC2C)s1. The molecule has 0 spiro atoms. The zero-order chi connectivity index (χ0) is 13.4. The van der Waals surface area contributed by atoms with Crippen molar-refractivity contribution in [2.45, 2.75) is 13.3 Å². The van der Waals surface area contributed by atoms with Crippen LogP contribution in [0.25, 0.3) is 11.1 Å². The van der Waals surface area contributed by atoms with Gasteiger partial charge in [-0.05, 0) is 62.4 Å². The Morgan fingerprint density at radius 1 is 1.11 bits per heavy atom. The lowest BCUT2D eigenvalue weighted by molar-refractivity contribution is 0.774. The summed E-state index contributed by atoms with van der Waals surface area (Å²) >= 11 is 7.26. The minimum atomic E-state index is 0.596. The van der Waals surface area contributed by atoms with Crippen LogP contribution in [-0.2, 0) is 0 Å². The first-order chi connectivity index (χ1) is 9.13. The minimum absolute atomic E-state index is 0.596. The van der Waals surface area contributed by atoms with E-state index in [1.54, 1.807) is 0 Å². The zero-order valence-electron chi connectivity index (χ0n) is 10.9. The summed E-state index contributed by atoms with van der Waals surface area (Å²) in [5.74, 6) is 0.596. The molecule has 0 saturated carbocycles. The summed E-state index contributed by atoms with van der Waals surface area (Å²) in [5, 5.41) is 0. The summed E-state index contributed by atoms with van der Waals surface area (Å²) in [5.41, 5.74) is 2.94. The highest BCUT2D eigenvalue weighted by Crippen LogP contribution is 2.39. The van der Waals surface area contributed by atoms with Gasteiger partial charge in [-0.15, -0.1) is 11.3 Å². The molecule has 1 aliphatic carbocycles. The fourth-order valence-electron chi connectivity index (χ4n) is 2.45. The van der Waals surface area contributed by atoms with Gasteiger partial charge in [-0.2, -0.15) is 11.3 Å². The second kappa shape index (κ2) is 5.43. The Labute approximate surface area is 131 Å². The van der Waals surface area contributed by atoms with E-state index in [0.717, 1.165) is 6.42 Å². The van der Waals surface area contributed by atoms with Gasteiger partial charge in [-0.3, -0.25) is 0 Å². The molecule has 4 heteroatoms. The third-order valence-electron chi connectivity index (χ3n) is 3.44. The molecule has 0 amide bonds. The maximum absolute atomic E-state index is 3.54. The van der Waals surface area contributed by atoms with Crippen LogP contribution in [0.3, 0.4) is 0 Å². The number of allylic oxidation sites excluding steroid dienone is 4. The first-order valence-corrected chi connectivity index (χ1v) is 8.79. The topological polar surface area (TPSA) is 0 Å². The third kappa shape index (κ3) is 2.81. The van der Waals surface area contributed by atoms with Crippen molar-refractivity contribution < 1.29 is 0 Å². The molecule has 1 atom stereocenters. The van der Waals surface area contributed by atoms with E-state index in [-0.39, 0.29) is 0 Å². The zero-order valence-corrected chi connectivity index (χ0v) is 14.2. The molecule has 2 aromatic rings. The van der Waals surface area contributed by atoms with E-state index in [9.17, 15) is 0 Å². The molecule has 0 bridgehead atoms. The Bertz CT molecular complexity index is 663. The number of hydrogen-bond acceptors (Lipinski definition) is 2. The van der Waals surface area contributed by atoms with Gasteiger partial charge >= 0.3 is 0 Å². The van der Waals surface area contributed by atoms with Gasteiger partial charge in [0.25, 0.3) is 0 Å². The Kier molecular flexibility index (Phi) is 3.83. The van der Waals surface area contributed by atoms with Crippen LogP contribution in [0.15, 0.2) is 40.2 Å². The molecule has 0 fully saturated rings. The van der Waals surface area contributed by atoms with Gasteiger partial charge in [0, 0.05) is 9.75 Å². The Balaban J connectivity index is 1.93. The van der Waals surface area contributed by atoms with Gasteiger partial charge in [-0.1, -0.05) is 25.1 Å². The highest BCUT2D eigenvalue weighted by Gasteiger charge is 2.19. The van der Waals surface area contributed by atoms with Crippen LogP contribution in [0, 0.1) is 5.92 Å². The molecule has 96 valence electrons. The highest BCUT2D eigenvalue weighted by molar-refractivity contribution is 9.11. The quantitative estimate of drug-likeness (QED) is 0.708. The molecule has 0 N–H and O–H groups in total. The van der Waals surface area contributed by atoms with Crippen LogP contribution in [-0.4, -0.2) is 7.85 Å². The molecule has 2 heterocycles. The first kappa shape index (κ1) is 13.4. The summed E-state index contributed by atoms with van der Waals surface area (Å²) in [4.78, 5) is 2.81. The monoisotopic (exact) mass is 348 g/mol. The first-order valence-electron chi connectivity index (χ1n) is 6.37. The van der Waals surface area contributed by atoms with Crippen LogP contribution >= 0.6 is 38.6 Å². The maximum atomic E-state index is 3.54. The molecule has 0 aromatic carbocycles. The van der Waals surface area contributed by atoms with Crippen LogP contribution in [0.5, 0.6) is 0 Å². The fraction of sp³-hybridized carbons (Fsp3) is 0.200. The molecule has 3 rings (SSSR count). The molecule has 19 heavy (non-hydrogen) atoms. The van der Waals surface area contributed by atoms with Crippen molar-refractivity contribution >= 4 is 62.4 Å². The molecule has 1 unspecified atom stereocenters. The summed E-state index contributed by atoms with van der Waals surface area (Å²) in [6.07, 6.45) is 5.74. The molecule has 0 aliphatic heterocycles. The molecule has 0 saturated heterocycles. The summed E-state index contributed by atoms with van der Waals surface area (Å²) in [6, 6.07) is 8.81. The lowest BCUT2D eigenvalue weighted by Crippen LogP contribution is -2.03. The van der Waals surface area contributed by atoms with E-state index in [4.69, 9.17) is 0 Å². The summed E-state index contributed by atoms with van der Waals surface area (Å²) in [6.45, 7) is 2.33. The molecular formula is C15H14BBrS2. The fourth-order valence-corrected chi connectivity index (χ4v) is 4.87.